The van der Waals surface area contributed by atoms with Gasteiger partial charge in [0.05, 0.1) is 5.97 Å². The number of aromatic carboxylic acids is 1. The largest absolute Gasteiger partial charge is 0.545 e. The SMILES string of the molecule is CCCNC(C)(CC)c1ccccc1C(=O)[O-]. The molecule has 0 radical (unpaired) electrons. The molecule has 0 saturated carbocycles. The monoisotopic (exact) mass is 234 g/mol. The number of benzene rings is 1. The second kappa shape index (κ2) is 5.82. The summed E-state index contributed by atoms with van der Waals surface area (Å²) in [7, 11) is 0. The topological polar surface area (TPSA) is 52.2 Å². The van der Waals surface area contributed by atoms with Gasteiger partial charge >= 0.3 is 0 Å². The van der Waals surface area contributed by atoms with E-state index in [2.05, 4.69) is 19.2 Å². The van der Waals surface area contributed by atoms with Gasteiger partial charge in [0.15, 0.2) is 0 Å². The minimum Gasteiger partial charge on any atom is -0.545 e. The third-order valence-corrected chi connectivity index (χ3v) is 3.21. The van der Waals surface area contributed by atoms with Crippen molar-refractivity contribution in [2.24, 2.45) is 0 Å². The number of nitrogens with one attached hydrogen (secondary N) is 1. The van der Waals surface area contributed by atoms with Crippen LogP contribution < -0.4 is 10.4 Å². The number of rotatable bonds is 6. The zero-order valence-corrected chi connectivity index (χ0v) is 10.7. The Bertz CT molecular complexity index is 390. The first-order valence-corrected chi connectivity index (χ1v) is 6.11. The first-order chi connectivity index (χ1) is 8.05. The van der Waals surface area contributed by atoms with Crippen LogP contribution in [0, 0.1) is 0 Å². The minimum atomic E-state index is -1.11. The van der Waals surface area contributed by atoms with E-state index in [9.17, 15) is 9.90 Å². The summed E-state index contributed by atoms with van der Waals surface area (Å²) >= 11 is 0. The Balaban J connectivity index is 3.14. The molecule has 1 aromatic rings. The van der Waals surface area contributed by atoms with Crippen molar-refractivity contribution in [3.8, 4) is 0 Å². The molecule has 3 nitrogen and oxygen atoms in total. The van der Waals surface area contributed by atoms with E-state index in [1.54, 1.807) is 12.1 Å². The Morgan fingerprint density at radius 3 is 2.53 bits per heavy atom. The number of carbonyl (C=O) groups is 1. The molecule has 0 amide bonds. The van der Waals surface area contributed by atoms with Gasteiger partial charge in [0.1, 0.15) is 0 Å². The summed E-state index contributed by atoms with van der Waals surface area (Å²) in [4.78, 5) is 11.1. The standard InChI is InChI=1S/C14H21NO2/c1-4-10-15-14(3,5-2)12-9-7-6-8-11(12)13(16)17/h6-9,15H,4-5,10H2,1-3H3,(H,16,17)/p-1. The van der Waals surface area contributed by atoms with Crippen molar-refractivity contribution in [1.29, 1.82) is 0 Å². The van der Waals surface area contributed by atoms with Crippen molar-refractivity contribution in [3.63, 3.8) is 0 Å². The fourth-order valence-electron chi connectivity index (χ4n) is 1.95. The molecule has 0 fully saturated rings. The summed E-state index contributed by atoms with van der Waals surface area (Å²) in [5, 5.41) is 14.5. The average Bonchev–Trinajstić information content (AvgIpc) is 2.36. The molecule has 94 valence electrons. The van der Waals surface area contributed by atoms with Gasteiger partial charge in [-0.2, -0.15) is 0 Å². The van der Waals surface area contributed by atoms with Crippen molar-refractivity contribution in [1.82, 2.24) is 5.32 Å². The van der Waals surface area contributed by atoms with Gasteiger partial charge in [-0.05, 0) is 31.9 Å². The first kappa shape index (κ1) is 13.7. The van der Waals surface area contributed by atoms with E-state index in [1.807, 2.05) is 19.1 Å². The summed E-state index contributed by atoms with van der Waals surface area (Å²) < 4.78 is 0. The summed E-state index contributed by atoms with van der Waals surface area (Å²) in [6, 6.07) is 7.05. The molecule has 0 spiro atoms. The zero-order valence-electron chi connectivity index (χ0n) is 10.7. The van der Waals surface area contributed by atoms with Gasteiger partial charge in [0, 0.05) is 11.1 Å². The summed E-state index contributed by atoms with van der Waals surface area (Å²) in [6.45, 7) is 7.04. The highest BCUT2D eigenvalue weighted by atomic mass is 16.4. The van der Waals surface area contributed by atoms with Crippen molar-refractivity contribution in [3.05, 3.63) is 35.4 Å². The third kappa shape index (κ3) is 3.07. The van der Waals surface area contributed by atoms with Crippen LogP contribution in [0.1, 0.15) is 49.5 Å². The lowest BCUT2D eigenvalue weighted by Gasteiger charge is -2.32. The highest BCUT2D eigenvalue weighted by Gasteiger charge is 2.25. The van der Waals surface area contributed by atoms with Crippen molar-refractivity contribution >= 4 is 5.97 Å². The van der Waals surface area contributed by atoms with Crippen LogP contribution in [0.15, 0.2) is 24.3 Å². The zero-order chi connectivity index (χ0) is 12.9. The number of carboxylic acids is 1. The molecule has 0 aliphatic carbocycles. The maximum Gasteiger partial charge on any atom is 0.0718 e. The maximum absolute atomic E-state index is 11.1. The van der Waals surface area contributed by atoms with Gasteiger partial charge in [-0.25, -0.2) is 0 Å². The van der Waals surface area contributed by atoms with Crippen molar-refractivity contribution < 1.29 is 9.90 Å². The predicted molar refractivity (Wildman–Crippen MR) is 66.7 cm³/mol. The van der Waals surface area contributed by atoms with Gasteiger partial charge in [0.25, 0.3) is 0 Å². The molecule has 1 rings (SSSR count). The molecule has 1 N–H and O–H groups in total. The predicted octanol–water partition coefficient (Wildman–Crippen LogP) is 1.67. The Hall–Kier alpha value is -1.35. The molecule has 0 heterocycles. The maximum atomic E-state index is 11.1. The average molecular weight is 234 g/mol. The first-order valence-electron chi connectivity index (χ1n) is 6.11. The van der Waals surface area contributed by atoms with Crippen LogP contribution in [0.2, 0.25) is 0 Å². The molecule has 17 heavy (non-hydrogen) atoms. The molecule has 0 saturated heterocycles. The minimum absolute atomic E-state index is 0.278. The van der Waals surface area contributed by atoms with Gasteiger partial charge in [-0.3, -0.25) is 0 Å². The van der Waals surface area contributed by atoms with Gasteiger partial charge in [0.2, 0.25) is 0 Å². The molecule has 0 bridgehead atoms. The lowest BCUT2D eigenvalue weighted by atomic mass is 9.85. The van der Waals surface area contributed by atoms with Gasteiger partial charge < -0.3 is 15.2 Å². The summed E-state index contributed by atoms with van der Waals surface area (Å²) in [6.07, 6.45) is 1.85. The second-order valence-corrected chi connectivity index (χ2v) is 4.45. The van der Waals surface area contributed by atoms with E-state index in [4.69, 9.17) is 0 Å². The molecule has 0 aliphatic rings. The van der Waals surface area contributed by atoms with Crippen LogP contribution >= 0.6 is 0 Å². The van der Waals surface area contributed by atoms with E-state index < -0.39 is 5.97 Å². The van der Waals surface area contributed by atoms with Crippen LogP contribution in [0.5, 0.6) is 0 Å². The second-order valence-electron chi connectivity index (χ2n) is 4.45. The van der Waals surface area contributed by atoms with Crippen LogP contribution in [0.4, 0.5) is 0 Å². The lowest BCUT2D eigenvalue weighted by molar-refractivity contribution is -0.255. The van der Waals surface area contributed by atoms with E-state index >= 15 is 0 Å². The van der Waals surface area contributed by atoms with Crippen LogP contribution in [-0.2, 0) is 5.54 Å². The van der Waals surface area contributed by atoms with E-state index in [0.717, 1.165) is 24.9 Å². The van der Waals surface area contributed by atoms with Crippen molar-refractivity contribution in [2.75, 3.05) is 6.54 Å². The Kier molecular flexibility index (Phi) is 4.70. The van der Waals surface area contributed by atoms with E-state index in [0.29, 0.717) is 0 Å². The van der Waals surface area contributed by atoms with Crippen LogP contribution in [-0.4, -0.2) is 12.5 Å². The molecule has 0 aliphatic heterocycles. The Morgan fingerprint density at radius 1 is 1.35 bits per heavy atom. The molecular weight excluding hydrogens is 214 g/mol. The Morgan fingerprint density at radius 2 is 2.00 bits per heavy atom. The number of carbonyl (C=O) groups excluding carboxylic acids is 1. The number of carboxylic acid groups (broad SMARTS) is 1. The normalized spacial score (nSPS) is 14.3. The number of hydrogen-bond acceptors (Lipinski definition) is 3. The highest BCUT2D eigenvalue weighted by molar-refractivity contribution is 5.88. The van der Waals surface area contributed by atoms with Crippen LogP contribution in [0.3, 0.4) is 0 Å². The molecule has 1 aromatic carbocycles. The van der Waals surface area contributed by atoms with Crippen molar-refractivity contribution in [2.45, 2.75) is 39.2 Å². The van der Waals surface area contributed by atoms with E-state index in [-0.39, 0.29) is 11.1 Å². The molecule has 1 unspecified atom stereocenters. The summed E-state index contributed by atoms with van der Waals surface area (Å²) in [5.74, 6) is -1.11. The fourth-order valence-corrected chi connectivity index (χ4v) is 1.95. The molecule has 3 heteroatoms. The quantitative estimate of drug-likeness (QED) is 0.814. The Labute approximate surface area is 103 Å². The molecule has 1 atom stereocenters. The van der Waals surface area contributed by atoms with Gasteiger partial charge in [-0.15, -0.1) is 0 Å². The van der Waals surface area contributed by atoms with E-state index in [1.165, 1.54) is 0 Å². The smallest absolute Gasteiger partial charge is 0.0718 e. The lowest BCUT2D eigenvalue weighted by Crippen LogP contribution is -2.41. The molecular formula is C14H20NO2-. The fraction of sp³-hybridized carbons (Fsp3) is 0.500. The summed E-state index contributed by atoms with van der Waals surface area (Å²) in [5.41, 5.74) is 0.767. The van der Waals surface area contributed by atoms with Gasteiger partial charge in [-0.1, -0.05) is 38.1 Å². The van der Waals surface area contributed by atoms with Crippen LogP contribution in [0.25, 0.3) is 0 Å². The molecule has 0 aromatic heterocycles. The third-order valence-electron chi connectivity index (χ3n) is 3.21. The number of hydrogen-bond donors (Lipinski definition) is 1. The highest BCUT2D eigenvalue weighted by Crippen LogP contribution is 2.27.